The van der Waals surface area contributed by atoms with E-state index in [1.807, 2.05) is 24.3 Å². The number of carbonyl (C=O) groups is 2. The molecule has 3 heteroatoms. The van der Waals surface area contributed by atoms with E-state index in [1.165, 1.54) is 11.1 Å². The molecule has 0 N–H and O–H groups in total. The Hall–Kier alpha value is -2.42. The highest BCUT2D eigenvalue weighted by Gasteiger charge is 2.22. The number of Topliss-reactive ketones (excluding diaryl/α,β-unsaturated/α-hetero) is 1. The third kappa shape index (κ3) is 2.93. The van der Waals surface area contributed by atoms with E-state index in [1.54, 1.807) is 31.2 Å². The van der Waals surface area contributed by atoms with E-state index in [4.69, 9.17) is 4.74 Å². The largest absolute Gasteiger partial charge is 0.451 e. The molecule has 0 heterocycles. The van der Waals surface area contributed by atoms with Crippen molar-refractivity contribution in [1.82, 2.24) is 0 Å². The Morgan fingerprint density at radius 3 is 2.45 bits per heavy atom. The number of fused-ring (bicyclic) bond motifs is 1. The average molecular weight is 294 g/mol. The van der Waals surface area contributed by atoms with Crippen LogP contribution in [0.5, 0.6) is 0 Å². The Bertz CT molecular complexity index is 704. The van der Waals surface area contributed by atoms with E-state index in [2.05, 4.69) is 0 Å². The number of ether oxygens (including phenoxy) is 1. The molecule has 0 unspecified atom stereocenters. The second kappa shape index (κ2) is 6.14. The summed E-state index contributed by atoms with van der Waals surface area (Å²) < 4.78 is 5.28. The van der Waals surface area contributed by atoms with Gasteiger partial charge in [-0.2, -0.15) is 0 Å². The SMILES string of the molecule is C[C@@H](OC(=O)c1ccccc1)C(=O)c1ccc2c(c1)CCC2. The molecular formula is C19H18O3. The summed E-state index contributed by atoms with van der Waals surface area (Å²) in [7, 11) is 0. The van der Waals surface area contributed by atoms with Crippen LogP contribution >= 0.6 is 0 Å². The number of benzene rings is 2. The van der Waals surface area contributed by atoms with Crippen molar-refractivity contribution in [2.24, 2.45) is 0 Å². The second-order valence-corrected chi connectivity index (χ2v) is 5.61. The van der Waals surface area contributed by atoms with Crippen molar-refractivity contribution in [2.75, 3.05) is 0 Å². The summed E-state index contributed by atoms with van der Waals surface area (Å²) in [6, 6.07) is 14.5. The topological polar surface area (TPSA) is 43.4 Å². The van der Waals surface area contributed by atoms with Crippen LogP contribution in [0.1, 0.15) is 45.2 Å². The molecule has 2 aromatic rings. The highest BCUT2D eigenvalue weighted by Crippen LogP contribution is 2.23. The first-order valence-corrected chi connectivity index (χ1v) is 7.57. The lowest BCUT2D eigenvalue weighted by molar-refractivity contribution is 0.0319. The van der Waals surface area contributed by atoms with Crippen LogP contribution in [-0.2, 0) is 17.6 Å². The molecule has 1 aliphatic rings. The van der Waals surface area contributed by atoms with Gasteiger partial charge in [-0.1, -0.05) is 30.3 Å². The number of hydrogen-bond donors (Lipinski definition) is 0. The fraction of sp³-hybridized carbons (Fsp3) is 0.263. The number of hydrogen-bond acceptors (Lipinski definition) is 3. The summed E-state index contributed by atoms with van der Waals surface area (Å²) in [5.41, 5.74) is 3.64. The first-order chi connectivity index (χ1) is 10.6. The molecule has 1 aliphatic carbocycles. The van der Waals surface area contributed by atoms with E-state index in [0.29, 0.717) is 11.1 Å². The lowest BCUT2D eigenvalue weighted by Gasteiger charge is -2.13. The molecule has 3 nitrogen and oxygen atoms in total. The molecule has 1 atom stereocenters. The maximum Gasteiger partial charge on any atom is 0.338 e. The molecule has 2 aromatic carbocycles. The predicted molar refractivity (Wildman–Crippen MR) is 84.1 cm³/mol. The van der Waals surface area contributed by atoms with Crippen LogP contribution in [0.4, 0.5) is 0 Å². The van der Waals surface area contributed by atoms with Crippen LogP contribution < -0.4 is 0 Å². The third-order valence-electron chi connectivity index (χ3n) is 4.05. The summed E-state index contributed by atoms with van der Waals surface area (Å²) >= 11 is 0. The van der Waals surface area contributed by atoms with E-state index < -0.39 is 12.1 Å². The smallest absolute Gasteiger partial charge is 0.338 e. The molecule has 0 spiro atoms. The van der Waals surface area contributed by atoms with Crippen molar-refractivity contribution >= 4 is 11.8 Å². The van der Waals surface area contributed by atoms with Gasteiger partial charge >= 0.3 is 5.97 Å². The standard InChI is InChI=1S/C19H18O3/c1-13(22-19(21)15-6-3-2-4-7-15)18(20)17-11-10-14-8-5-9-16(14)12-17/h2-4,6-7,10-13H,5,8-9H2,1H3/t13-/m1/s1. The molecule has 0 aromatic heterocycles. The fourth-order valence-electron chi connectivity index (χ4n) is 2.82. The van der Waals surface area contributed by atoms with Gasteiger partial charge in [0.1, 0.15) is 0 Å². The van der Waals surface area contributed by atoms with Crippen LogP contribution in [-0.4, -0.2) is 17.9 Å². The maximum atomic E-state index is 12.4. The summed E-state index contributed by atoms with van der Waals surface area (Å²) in [6.07, 6.45) is 2.47. The molecule has 3 rings (SSSR count). The molecule has 0 bridgehead atoms. The lowest BCUT2D eigenvalue weighted by Crippen LogP contribution is -2.24. The van der Waals surface area contributed by atoms with Crippen LogP contribution in [0.25, 0.3) is 0 Å². The minimum atomic E-state index is -0.785. The van der Waals surface area contributed by atoms with Gasteiger partial charge in [-0.25, -0.2) is 4.79 Å². The first kappa shape index (κ1) is 14.5. The zero-order valence-electron chi connectivity index (χ0n) is 12.5. The summed E-state index contributed by atoms with van der Waals surface area (Å²) in [4.78, 5) is 24.4. The van der Waals surface area contributed by atoms with Gasteiger partial charge in [0, 0.05) is 5.56 Å². The van der Waals surface area contributed by atoms with Crippen LogP contribution in [0.2, 0.25) is 0 Å². The Morgan fingerprint density at radius 2 is 1.68 bits per heavy atom. The van der Waals surface area contributed by atoms with E-state index in [0.717, 1.165) is 19.3 Å². The molecule has 0 saturated heterocycles. The number of esters is 1. The number of rotatable bonds is 4. The zero-order valence-corrected chi connectivity index (χ0v) is 12.5. The number of aryl methyl sites for hydroxylation is 2. The van der Waals surface area contributed by atoms with Crippen LogP contribution in [0.3, 0.4) is 0 Å². The minimum absolute atomic E-state index is 0.154. The number of carbonyl (C=O) groups excluding carboxylic acids is 2. The average Bonchev–Trinajstić information content (AvgIpc) is 3.02. The Labute approximate surface area is 129 Å². The molecule has 22 heavy (non-hydrogen) atoms. The van der Waals surface area contributed by atoms with Crippen molar-refractivity contribution in [3.05, 3.63) is 70.8 Å². The van der Waals surface area contributed by atoms with Crippen LogP contribution in [0.15, 0.2) is 48.5 Å². The maximum absolute atomic E-state index is 12.4. The van der Waals surface area contributed by atoms with E-state index in [9.17, 15) is 9.59 Å². The second-order valence-electron chi connectivity index (χ2n) is 5.61. The van der Waals surface area contributed by atoms with Gasteiger partial charge in [0.25, 0.3) is 0 Å². The van der Waals surface area contributed by atoms with Gasteiger partial charge in [0.05, 0.1) is 5.56 Å². The van der Waals surface area contributed by atoms with Gasteiger partial charge in [-0.15, -0.1) is 0 Å². The fourth-order valence-corrected chi connectivity index (χ4v) is 2.82. The Kier molecular flexibility index (Phi) is 4.05. The molecular weight excluding hydrogens is 276 g/mol. The van der Waals surface area contributed by atoms with Crippen molar-refractivity contribution in [3.63, 3.8) is 0 Å². The van der Waals surface area contributed by atoms with E-state index >= 15 is 0 Å². The van der Waals surface area contributed by atoms with E-state index in [-0.39, 0.29) is 5.78 Å². The lowest BCUT2D eigenvalue weighted by atomic mass is 10.0. The van der Waals surface area contributed by atoms with Gasteiger partial charge in [0.2, 0.25) is 5.78 Å². The van der Waals surface area contributed by atoms with Crippen molar-refractivity contribution in [2.45, 2.75) is 32.3 Å². The molecule has 0 aliphatic heterocycles. The van der Waals surface area contributed by atoms with Crippen LogP contribution in [0, 0.1) is 0 Å². The van der Waals surface area contributed by atoms with Gasteiger partial charge in [-0.3, -0.25) is 4.79 Å². The molecule has 0 saturated carbocycles. The summed E-state index contributed by atoms with van der Waals surface area (Å²) in [5.74, 6) is -0.624. The zero-order chi connectivity index (χ0) is 15.5. The molecule has 112 valence electrons. The highest BCUT2D eigenvalue weighted by molar-refractivity contribution is 6.01. The molecule has 0 fully saturated rings. The minimum Gasteiger partial charge on any atom is -0.451 e. The predicted octanol–water partition coefficient (Wildman–Crippen LogP) is 3.60. The first-order valence-electron chi connectivity index (χ1n) is 7.57. The quantitative estimate of drug-likeness (QED) is 0.639. The Morgan fingerprint density at radius 1 is 0.955 bits per heavy atom. The number of ketones is 1. The van der Waals surface area contributed by atoms with Gasteiger partial charge < -0.3 is 4.74 Å². The monoisotopic (exact) mass is 294 g/mol. The van der Waals surface area contributed by atoms with Crippen molar-refractivity contribution in [3.8, 4) is 0 Å². The van der Waals surface area contributed by atoms with Gasteiger partial charge in [0.15, 0.2) is 6.10 Å². The molecule has 0 amide bonds. The molecule has 0 radical (unpaired) electrons. The van der Waals surface area contributed by atoms with Crippen molar-refractivity contribution in [1.29, 1.82) is 0 Å². The summed E-state index contributed by atoms with van der Waals surface area (Å²) in [5, 5.41) is 0. The Balaban J connectivity index is 1.71. The summed E-state index contributed by atoms with van der Waals surface area (Å²) in [6.45, 7) is 1.62. The van der Waals surface area contributed by atoms with Crippen molar-refractivity contribution < 1.29 is 14.3 Å². The highest BCUT2D eigenvalue weighted by atomic mass is 16.5. The van der Waals surface area contributed by atoms with Gasteiger partial charge in [-0.05, 0) is 55.5 Å². The normalized spacial score (nSPS) is 14.2. The third-order valence-corrected chi connectivity index (χ3v) is 4.05.